The normalized spacial score (nSPS) is 10.1. The van der Waals surface area contributed by atoms with Gasteiger partial charge in [-0.25, -0.2) is 14.8 Å². The summed E-state index contributed by atoms with van der Waals surface area (Å²) in [6.07, 6.45) is 2.49. The zero-order valence-electron chi connectivity index (χ0n) is 8.73. The van der Waals surface area contributed by atoms with Crippen molar-refractivity contribution in [3.05, 3.63) is 50.1 Å². The third-order valence-electron chi connectivity index (χ3n) is 1.87. The average Bonchev–Trinajstić information content (AvgIpc) is 2.31. The fraction of sp³-hybridized carbons (Fsp3) is 0. The zero-order valence-corrected chi connectivity index (χ0v) is 9.49. The molecular weight excluding hydrogens is 262 g/mol. The third-order valence-corrected chi connectivity index (χ3v) is 2.06. The molecule has 2 rings (SSSR count). The number of halogens is 1. The summed E-state index contributed by atoms with van der Waals surface area (Å²) >= 11 is 5.53. The first-order valence-electron chi connectivity index (χ1n) is 4.67. The highest BCUT2D eigenvalue weighted by atomic mass is 35.5. The SMILES string of the molecule is O=C(Nc1cnc(Cl)cn1)c1cc(=O)[nH]c(=O)[nH]1. The maximum Gasteiger partial charge on any atom is 0.326 e. The molecule has 0 fully saturated rings. The van der Waals surface area contributed by atoms with E-state index in [1.165, 1.54) is 12.4 Å². The Morgan fingerprint density at radius 3 is 2.61 bits per heavy atom. The molecular formula is C9H6ClN5O3. The van der Waals surface area contributed by atoms with Gasteiger partial charge in [-0.2, -0.15) is 0 Å². The molecule has 0 saturated carbocycles. The second-order valence-corrected chi connectivity index (χ2v) is 3.57. The van der Waals surface area contributed by atoms with Gasteiger partial charge in [-0.1, -0.05) is 11.6 Å². The first-order chi connectivity index (χ1) is 8.54. The Labute approximate surface area is 104 Å². The lowest BCUT2D eigenvalue weighted by atomic mass is 10.4. The van der Waals surface area contributed by atoms with Gasteiger partial charge >= 0.3 is 5.69 Å². The second kappa shape index (κ2) is 4.80. The number of carbonyl (C=O) groups is 1. The highest BCUT2D eigenvalue weighted by Gasteiger charge is 2.09. The Kier molecular flexibility index (Phi) is 3.20. The first-order valence-corrected chi connectivity index (χ1v) is 5.05. The number of H-pyrrole nitrogens is 2. The van der Waals surface area contributed by atoms with Crippen LogP contribution in [0.2, 0.25) is 5.15 Å². The largest absolute Gasteiger partial charge is 0.326 e. The van der Waals surface area contributed by atoms with E-state index in [1.807, 2.05) is 4.98 Å². The minimum atomic E-state index is -0.769. The molecule has 9 heteroatoms. The van der Waals surface area contributed by atoms with E-state index in [2.05, 4.69) is 20.3 Å². The lowest BCUT2D eigenvalue weighted by Crippen LogP contribution is -2.27. The van der Waals surface area contributed by atoms with Crippen molar-refractivity contribution in [3.63, 3.8) is 0 Å². The van der Waals surface area contributed by atoms with Crippen LogP contribution in [0.15, 0.2) is 28.0 Å². The van der Waals surface area contributed by atoms with Gasteiger partial charge in [0.25, 0.3) is 11.5 Å². The lowest BCUT2D eigenvalue weighted by Gasteiger charge is -2.02. The maximum atomic E-state index is 11.7. The van der Waals surface area contributed by atoms with Crippen molar-refractivity contribution in [2.45, 2.75) is 0 Å². The fourth-order valence-corrected chi connectivity index (χ4v) is 1.25. The van der Waals surface area contributed by atoms with Gasteiger partial charge in [-0.3, -0.25) is 14.6 Å². The number of hydrogen-bond acceptors (Lipinski definition) is 5. The van der Waals surface area contributed by atoms with Gasteiger partial charge in [0.15, 0.2) is 5.82 Å². The molecule has 0 aliphatic heterocycles. The Balaban J connectivity index is 2.24. The number of nitrogens with zero attached hydrogens (tertiary/aromatic N) is 2. The minimum absolute atomic E-state index is 0.144. The Morgan fingerprint density at radius 1 is 1.22 bits per heavy atom. The van der Waals surface area contributed by atoms with Crippen LogP contribution in [0.1, 0.15) is 10.5 Å². The Morgan fingerprint density at radius 2 is 2.00 bits per heavy atom. The van der Waals surface area contributed by atoms with E-state index in [9.17, 15) is 14.4 Å². The number of nitrogens with one attached hydrogen (secondary N) is 3. The van der Waals surface area contributed by atoms with Crippen LogP contribution >= 0.6 is 11.6 Å². The minimum Gasteiger partial charge on any atom is -0.304 e. The van der Waals surface area contributed by atoms with Crippen molar-refractivity contribution in [3.8, 4) is 0 Å². The van der Waals surface area contributed by atoms with Gasteiger partial charge in [-0.05, 0) is 0 Å². The van der Waals surface area contributed by atoms with Crippen LogP contribution in [0.3, 0.4) is 0 Å². The van der Waals surface area contributed by atoms with E-state index >= 15 is 0 Å². The topological polar surface area (TPSA) is 121 Å². The van der Waals surface area contributed by atoms with E-state index in [1.54, 1.807) is 0 Å². The Bertz CT molecular complexity index is 662. The predicted molar refractivity (Wildman–Crippen MR) is 62.7 cm³/mol. The van der Waals surface area contributed by atoms with Crippen molar-refractivity contribution in [2.75, 3.05) is 5.32 Å². The van der Waals surface area contributed by atoms with Crippen molar-refractivity contribution in [2.24, 2.45) is 0 Å². The average molecular weight is 268 g/mol. The molecule has 3 N–H and O–H groups in total. The fourth-order valence-electron chi connectivity index (χ4n) is 1.15. The van der Waals surface area contributed by atoms with Crippen molar-refractivity contribution >= 4 is 23.3 Å². The summed E-state index contributed by atoms with van der Waals surface area (Å²) in [5, 5.41) is 2.52. The number of anilines is 1. The van der Waals surface area contributed by atoms with Crippen LogP contribution < -0.4 is 16.6 Å². The van der Waals surface area contributed by atoms with Gasteiger partial charge in [0, 0.05) is 6.07 Å². The maximum absolute atomic E-state index is 11.7. The summed E-state index contributed by atoms with van der Waals surface area (Å²) in [6, 6.07) is 0.958. The molecule has 0 saturated heterocycles. The highest BCUT2D eigenvalue weighted by molar-refractivity contribution is 6.29. The van der Waals surface area contributed by atoms with E-state index in [0.29, 0.717) is 0 Å². The first kappa shape index (κ1) is 12.0. The van der Waals surface area contributed by atoms with E-state index in [4.69, 9.17) is 11.6 Å². The van der Waals surface area contributed by atoms with Crippen molar-refractivity contribution < 1.29 is 4.79 Å². The van der Waals surface area contributed by atoms with Crippen LogP contribution in [0.4, 0.5) is 5.82 Å². The number of carbonyl (C=O) groups excluding carboxylic acids is 1. The molecule has 0 aliphatic rings. The van der Waals surface area contributed by atoms with Crippen LogP contribution in [-0.4, -0.2) is 25.8 Å². The van der Waals surface area contributed by atoms with Crippen LogP contribution in [0.5, 0.6) is 0 Å². The molecule has 0 atom stereocenters. The monoisotopic (exact) mass is 267 g/mol. The number of rotatable bonds is 2. The quantitative estimate of drug-likeness (QED) is 0.693. The van der Waals surface area contributed by atoms with Crippen LogP contribution in [0.25, 0.3) is 0 Å². The van der Waals surface area contributed by atoms with Gasteiger partial charge in [0.2, 0.25) is 0 Å². The van der Waals surface area contributed by atoms with E-state index in [0.717, 1.165) is 6.07 Å². The molecule has 0 radical (unpaired) electrons. The molecule has 92 valence electrons. The van der Waals surface area contributed by atoms with E-state index < -0.39 is 17.2 Å². The van der Waals surface area contributed by atoms with Crippen molar-refractivity contribution in [1.82, 2.24) is 19.9 Å². The molecule has 2 aromatic heterocycles. The number of aromatic nitrogens is 4. The molecule has 0 unspecified atom stereocenters. The van der Waals surface area contributed by atoms with Crippen LogP contribution in [0, 0.1) is 0 Å². The zero-order chi connectivity index (χ0) is 13.1. The second-order valence-electron chi connectivity index (χ2n) is 3.18. The standard InChI is InChI=1S/C9H6ClN5O3/c10-5-2-12-6(3-11-5)14-8(17)4-1-7(16)15-9(18)13-4/h1-3H,(H,12,14,17)(H2,13,15,16,18). The van der Waals surface area contributed by atoms with Gasteiger partial charge in [0.1, 0.15) is 10.8 Å². The summed E-state index contributed by atoms with van der Waals surface area (Å²) < 4.78 is 0. The third kappa shape index (κ3) is 2.80. The molecule has 2 aromatic rings. The Hall–Kier alpha value is -2.48. The number of aromatic amines is 2. The molecule has 0 spiro atoms. The molecule has 1 amide bonds. The summed E-state index contributed by atoms with van der Waals surface area (Å²) in [5.74, 6) is -0.541. The van der Waals surface area contributed by atoms with Crippen LogP contribution in [-0.2, 0) is 0 Å². The highest BCUT2D eigenvalue weighted by Crippen LogP contribution is 2.05. The molecule has 0 bridgehead atoms. The van der Waals surface area contributed by atoms with E-state index in [-0.39, 0.29) is 16.7 Å². The van der Waals surface area contributed by atoms with Gasteiger partial charge in [0.05, 0.1) is 12.4 Å². The molecule has 0 aliphatic carbocycles. The van der Waals surface area contributed by atoms with Crippen molar-refractivity contribution in [1.29, 1.82) is 0 Å². The molecule has 18 heavy (non-hydrogen) atoms. The summed E-state index contributed by atoms with van der Waals surface area (Å²) in [6.45, 7) is 0. The number of amides is 1. The summed E-state index contributed by atoms with van der Waals surface area (Å²) in [7, 11) is 0. The summed E-state index contributed by atoms with van der Waals surface area (Å²) in [5.41, 5.74) is -1.62. The predicted octanol–water partition coefficient (Wildman–Crippen LogP) is -0.241. The number of hydrogen-bond donors (Lipinski definition) is 3. The molecule has 0 aromatic carbocycles. The lowest BCUT2D eigenvalue weighted by molar-refractivity contribution is 0.102. The van der Waals surface area contributed by atoms with Gasteiger partial charge < -0.3 is 10.3 Å². The van der Waals surface area contributed by atoms with Gasteiger partial charge in [-0.15, -0.1) is 0 Å². The molecule has 8 nitrogen and oxygen atoms in total. The smallest absolute Gasteiger partial charge is 0.304 e. The summed E-state index contributed by atoms with van der Waals surface area (Å²) in [4.78, 5) is 45.3. The molecule has 2 heterocycles.